The molecule has 9 nitrogen and oxygen atoms in total. The molecule has 6 aromatic carbocycles. The summed E-state index contributed by atoms with van der Waals surface area (Å²) in [5, 5.41) is 24.8. The third-order valence-corrected chi connectivity index (χ3v) is 8.84. The minimum absolute atomic E-state index is 0.810. The lowest BCUT2D eigenvalue weighted by molar-refractivity contribution is 1.05. The van der Waals surface area contributed by atoms with Gasteiger partial charge in [0.05, 0.1) is 35.1 Å². The smallest absolute Gasteiger partial charge is 0.159 e. The first-order chi connectivity index (χ1) is 47.8. The second-order valence-corrected chi connectivity index (χ2v) is 12.9. The Labute approximate surface area is 594 Å². The lowest BCUT2D eigenvalue weighted by Crippen LogP contribution is -1.79. The topological polar surface area (TPSA) is 116 Å². The van der Waals surface area contributed by atoms with Gasteiger partial charge in [-0.05, 0) is 76.1 Å². The van der Waals surface area contributed by atoms with Crippen LogP contribution in [0.25, 0.3) is 65.3 Å². The standard InChI is InChI=1S/C10H8.C9H7N.4C8H6N2.18C2H6/c1-2-6-10-8-4-3-7-9(10)5-1;1-2-4-9-7-10-6-5-8(9)3-1;1-3-7-4-2-6-10-8(7)9-5-1;1-2-4-8-6-10-9-5-7(8)3-1;1-2-4-8-7(3-1)9-5-6-10-8;1-2-4-8-7(3-1)5-6-9-10-8;18*1-2/h1-8H;1-7H;4*1-6H;18*1-2H3. The van der Waals surface area contributed by atoms with Crippen molar-refractivity contribution in [1.29, 1.82) is 0 Å². The molecule has 0 N–H and O–H groups in total. The molecule has 0 spiro atoms. The van der Waals surface area contributed by atoms with E-state index in [1.165, 1.54) is 21.5 Å². The van der Waals surface area contributed by atoms with Crippen molar-refractivity contribution in [2.75, 3.05) is 0 Å². The lowest BCUT2D eigenvalue weighted by Gasteiger charge is -1.92. The van der Waals surface area contributed by atoms with Crippen molar-refractivity contribution >= 4 is 65.3 Å². The Bertz CT molecular complexity index is 2220. The molecule has 0 unspecified atom stereocenters. The van der Waals surface area contributed by atoms with Gasteiger partial charge in [0.1, 0.15) is 0 Å². The van der Waals surface area contributed by atoms with Crippen molar-refractivity contribution in [3.63, 3.8) is 0 Å². The molecule has 0 aliphatic heterocycles. The Morgan fingerprint density at radius 3 is 0.719 bits per heavy atom. The van der Waals surface area contributed by atoms with Crippen LogP contribution < -0.4 is 0 Å². The Morgan fingerprint density at radius 2 is 0.417 bits per heavy atom. The summed E-state index contributed by atoms with van der Waals surface area (Å²) in [6, 6.07) is 60.4. The van der Waals surface area contributed by atoms with E-state index in [1.807, 2.05) is 383 Å². The molecular weight excluding hydrogens is 1170 g/mol. The Morgan fingerprint density at radius 1 is 0.167 bits per heavy atom. The van der Waals surface area contributed by atoms with Gasteiger partial charge in [-0.2, -0.15) is 20.4 Å². The minimum atomic E-state index is 0.810. The van der Waals surface area contributed by atoms with Crippen LogP contribution in [0.5, 0.6) is 0 Å². The number of para-hydroxylation sites is 2. The molecule has 0 bridgehead atoms. The fourth-order valence-corrected chi connectivity index (χ4v) is 5.84. The largest absolute Gasteiger partial charge is 0.264 e. The second-order valence-electron chi connectivity index (χ2n) is 12.9. The number of hydrogen-bond acceptors (Lipinski definition) is 9. The Hall–Kier alpha value is -8.43. The first-order valence-corrected chi connectivity index (χ1v) is 37.2. The highest BCUT2D eigenvalue weighted by Gasteiger charge is 1.92. The minimum Gasteiger partial charge on any atom is -0.264 e. The van der Waals surface area contributed by atoms with Crippen LogP contribution in [0, 0.1) is 0 Å². The van der Waals surface area contributed by atoms with Crippen molar-refractivity contribution in [2.24, 2.45) is 0 Å². The SMILES string of the molecule is CC.CC.CC.CC.CC.CC.CC.CC.CC.CC.CC.CC.CC.CC.CC.CC.CC.CC.c1ccc2ccccc2c1.c1ccc2cnccc2c1.c1ccc2cnncc2c1.c1ccc2nccnc2c1.c1ccc2nnccc2c1.c1cnc2ncccc2c1. The summed E-state index contributed by atoms with van der Waals surface area (Å²) in [4.78, 5) is 20.4. The molecule has 0 aliphatic carbocycles. The van der Waals surface area contributed by atoms with Gasteiger partial charge < -0.3 is 0 Å². The van der Waals surface area contributed by atoms with Crippen LogP contribution in [-0.2, 0) is 0 Å². The van der Waals surface area contributed by atoms with Gasteiger partial charge in [-0.1, -0.05) is 377 Å². The highest BCUT2D eigenvalue weighted by Crippen LogP contribution is 2.13. The van der Waals surface area contributed by atoms with Crippen molar-refractivity contribution in [3.05, 3.63) is 238 Å². The van der Waals surface area contributed by atoms with Crippen molar-refractivity contribution < 1.29 is 0 Å². The van der Waals surface area contributed by atoms with E-state index in [2.05, 4.69) is 106 Å². The summed E-state index contributed by atoms with van der Waals surface area (Å²) < 4.78 is 0. The molecule has 12 rings (SSSR count). The summed E-state index contributed by atoms with van der Waals surface area (Å²) in [7, 11) is 0. The maximum absolute atomic E-state index is 4.12. The predicted octanol–water partition coefficient (Wildman–Crippen LogP) is 30.1. The number of nitrogens with zero attached hydrogens (tertiary/aromatic N) is 9. The van der Waals surface area contributed by atoms with E-state index in [4.69, 9.17) is 0 Å². The Balaban J connectivity index is -0.0000000806. The summed E-state index contributed by atoms with van der Waals surface area (Å²) in [5.41, 5.74) is 3.66. The van der Waals surface area contributed by atoms with Gasteiger partial charge in [0, 0.05) is 58.7 Å². The first kappa shape index (κ1) is 115. The molecule has 6 heterocycles. The number of rotatable bonds is 0. The third kappa shape index (κ3) is 61.7. The molecule has 0 saturated heterocycles. The molecule has 0 atom stereocenters. The zero-order chi connectivity index (χ0) is 76.9. The number of pyridine rings is 3. The normalized spacial score (nSPS) is 7.38. The van der Waals surface area contributed by atoms with Crippen LogP contribution in [-0.4, -0.2) is 45.3 Å². The molecule has 9 heteroatoms. The van der Waals surface area contributed by atoms with Crippen molar-refractivity contribution in [3.8, 4) is 0 Å². The van der Waals surface area contributed by atoms with Gasteiger partial charge >= 0.3 is 0 Å². The van der Waals surface area contributed by atoms with E-state index in [0.717, 1.165) is 43.7 Å². The number of fused-ring (bicyclic) bond motifs is 6. The Kier molecular flexibility index (Phi) is 133. The molecule has 0 aliphatic rings. The average molecular weight is 1320 g/mol. The van der Waals surface area contributed by atoms with Gasteiger partial charge in [-0.15, -0.1) is 0 Å². The zero-order valence-corrected chi connectivity index (χ0v) is 68.5. The number of aromatic nitrogens is 9. The molecule has 6 aromatic heterocycles. The predicted molar refractivity (Wildman–Crippen MR) is 448 cm³/mol. The van der Waals surface area contributed by atoms with E-state index >= 15 is 0 Å². The fourth-order valence-electron chi connectivity index (χ4n) is 5.84. The van der Waals surface area contributed by atoms with Gasteiger partial charge in [-0.3, -0.25) is 15.0 Å². The monoisotopic (exact) mass is 1320 g/mol. The van der Waals surface area contributed by atoms with Crippen LogP contribution in [0.4, 0.5) is 0 Å². The van der Waals surface area contributed by atoms with Crippen molar-refractivity contribution in [2.45, 2.75) is 249 Å². The average Bonchev–Trinajstić information content (AvgIpc) is 2.58. The van der Waals surface area contributed by atoms with Gasteiger partial charge in [0.2, 0.25) is 0 Å². The highest BCUT2D eigenvalue weighted by atomic mass is 15.1. The van der Waals surface area contributed by atoms with E-state index in [1.54, 1.807) is 43.4 Å². The summed E-state index contributed by atoms with van der Waals surface area (Å²) in [5.74, 6) is 0. The molecule has 96 heavy (non-hydrogen) atoms. The maximum Gasteiger partial charge on any atom is 0.159 e. The quantitative estimate of drug-likeness (QED) is 0.146. The van der Waals surface area contributed by atoms with Gasteiger partial charge in [0.15, 0.2) is 5.65 Å². The van der Waals surface area contributed by atoms with E-state index < -0.39 is 0 Å². The van der Waals surface area contributed by atoms with Crippen LogP contribution in [0.15, 0.2) is 238 Å². The summed E-state index contributed by atoms with van der Waals surface area (Å²) >= 11 is 0. The van der Waals surface area contributed by atoms with E-state index in [-0.39, 0.29) is 0 Å². The van der Waals surface area contributed by atoms with Crippen LogP contribution >= 0.6 is 0 Å². The van der Waals surface area contributed by atoms with Gasteiger partial charge in [-0.25, -0.2) is 9.97 Å². The second kappa shape index (κ2) is 111. The molecule has 0 amide bonds. The molecular formula is C87H147N9. The number of benzene rings is 6. The van der Waals surface area contributed by atoms with Crippen LogP contribution in [0.1, 0.15) is 249 Å². The first-order valence-electron chi connectivity index (χ1n) is 37.2. The lowest BCUT2D eigenvalue weighted by atomic mass is 10.1. The number of hydrogen-bond donors (Lipinski definition) is 0. The molecule has 12 aromatic rings. The molecule has 540 valence electrons. The van der Waals surface area contributed by atoms with Crippen molar-refractivity contribution in [1.82, 2.24) is 45.3 Å². The summed E-state index contributed by atoms with van der Waals surface area (Å²) in [6.45, 7) is 72.0. The van der Waals surface area contributed by atoms with Gasteiger partial charge in [0.25, 0.3) is 0 Å². The third-order valence-electron chi connectivity index (χ3n) is 8.84. The van der Waals surface area contributed by atoms with E-state index in [9.17, 15) is 0 Å². The molecule has 0 fully saturated rings. The molecule has 0 radical (unpaired) electrons. The fraction of sp³-hybridized carbons (Fsp3) is 0.414. The zero-order valence-electron chi connectivity index (χ0n) is 68.5. The maximum atomic E-state index is 4.12. The van der Waals surface area contributed by atoms with Crippen LogP contribution in [0.2, 0.25) is 0 Å². The highest BCUT2D eigenvalue weighted by molar-refractivity contribution is 5.83. The summed E-state index contributed by atoms with van der Waals surface area (Å²) in [6.07, 6.45) is 15.8. The molecule has 0 saturated carbocycles. The van der Waals surface area contributed by atoms with E-state index in [0.29, 0.717) is 0 Å². The van der Waals surface area contributed by atoms with Crippen LogP contribution in [0.3, 0.4) is 0 Å².